The number of ether oxygens (including phenoxy) is 2. The summed E-state index contributed by atoms with van der Waals surface area (Å²) in [7, 11) is 0. The molecule has 4 amide bonds. The Hall–Kier alpha value is -4.08. The van der Waals surface area contributed by atoms with Crippen LogP contribution in [0.1, 0.15) is 30.4 Å². The number of primary amides is 1. The summed E-state index contributed by atoms with van der Waals surface area (Å²) in [4.78, 5) is 47.3. The van der Waals surface area contributed by atoms with E-state index in [1.807, 2.05) is 60.7 Å². The highest BCUT2D eigenvalue weighted by atomic mass is 16.6. The lowest BCUT2D eigenvalue weighted by molar-refractivity contribution is -0.126. The summed E-state index contributed by atoms with van der Waals surface area (Å²) in [6.45, 7) is 0.216. The Morgan fingerprint density at radius 1 is 0.765 bits per heavy atom. The van der Waals surface area contributed by atoms with Gasteiger partial charge in [-0.3, -0.25) is 9.59 Å². The number of alkyl carbamates (subject to hydrolysis) is 2. The van der Waals surface area contributed by atoms with Gasteiger partial charge in [0.2, 0.25) is 11.8 Å². The zero-order valence-electron chi connectivity index (χ0n) is 18.8. The van der Waals surface area contributed by atoms with Crippen LogP contribution in [0.5, 0.6) is 0 Å². The second kappa shape index (κ2) is 14.9. The highest BCUT2D eigenvalue weighted by Crippen LogP contribution is 2.05. The molecule has 2 aromatic carbocycles. The second-order valence-corrected chi connectivity index (χ2v) is 7.43. The van der Waals surface area contributed by atoms with Gasteiger partial charge in [0.1, 0.15) is 19.3 Å². The third kappa shape index (κ3) is 11.0. The zero-order chi connectivity index (χ0) is 24.6. The summed E-state index contributed by atoms with van der Waals surface area (Å²) < 4.78 is 10.3. The molecule has 0 aliphatic carbocycles. The van der Waals surface area contributed by atoms with E-state index < -0.39 is 30.0 Å². The van der Waals surface area contributed by atoms with Crippen LogP contribution in [0.2, 0.25) is 0 Å². The van der Waals surface area contributed by atoms with Crippen molar-refractivity contribution in [3.05, 3.63) is 71.8 Å². The second-order valence-electron chi connectivity index (χ2n) is 7.43. The lowest BCUT2D eigenvalue weighted by Crippen LogP contribution is -2.48. The molecule has 0 aromatic heterocycles. The first-order valence-corrected chi connectivity index (χ1v) is 10.9. The third-order valence-corrected chi connectivity index (χ3v) is 4.66. The Bertz CT molecular complexity index is 924. The molecule has 0 saturated heterocycles. The Labute approximate surface area is 198 Å². The van der Waals surface area contributed by atoms with Crippen LogP contribution in [0.4, 0.5) is 9.59 Å². The molecule has 0 saturated carbocycles. The molecule has 0 radical (unpaired) electrons. The van der Waals surface area contributed by atoms with Gasteiger partial charge in [-0.15, -0.1) is 0 Å². The molecule has 0 aliphatic rings. The third-order valence-electron chi connectivity index (χ3n) is 4.66. The van der Waals surface area contributed by atoms with Crippen LogP contribution in [-0.4, -0.2) is 43.1 Å². The van der Waals surface area contributed by atoms with E-state index in [1.54, 1.807) is 0 Å². The van der Waals surface area contributed by atoms with Gasteiger partial charge in [0.05, 0.1) is 6.54 Å². The molecule has 2 rings (SSSR count). The molecule has 1 atom stereocenters. The van der Waals surface area contributed by atoms with Crippen LogP contribution in [0, 0.1) is 0 Å². The number of carbonyl (C=O) groups excluding carboxylic acids is 4. The van der Waals surface area contributed by atoms with Crippen molar-refractivity contribution in [3.8, 4) is 0 Å². The molecule has 0 fully saturated rings. The minimum Gasteiger partial charge on any atom is -0.445 e. The minimum atomic E-state index is -0.923. The Balaban J connectivity index is 1.72. The summed E-state index contributed by atoms with van der Waals surface area (Å²) >= 11 is 0. The van der Waals surface area contributed by atoms with E-state index in [0.717, 1.165) is 11.1 Å². The number of amides is 4. The van der Waals surface area contributed by atoms with E-state index in [1.165, 1.54) is 0 Å². The maximum atomic E-state index is 12.4. The van der Waals surface area contributed by atoms with E-state index in [2.05, 4.69) is 16.0 Å². The van der Waals surface area contributed by atoms with Gasteiger partial charge in [-0.25, -0.2) is 9.59 Å². The smallest absolute Gasteiger partial charge is 0.408 e. The number of rotatable bonds is 13. The fraction of sp³-hybridized carbons (Fsp3) is 0.333. The minimum absolute atomic E-state index is 0.0529. The molecule has 0 spiro atoms. The van der Waals surface area contributed by atoms with Gasteiger partial charge < -0.3 is 31.2 Å². The van der Waals surface area contributed by atoms with E-state index in [-0.39, 0.29) is 26.2 Å². The van der Waals surface area contributed by atoms with Crippen LogP contribution in [0.3, 0.4) is 0 Å². The summed E-state index contributed by atoms with van der Waals surface area (Å²) in [5, 5.41) is 7.53. The van der Waals surface area contributed by atoms with Gasteiger partial charge in [0.15, 0.2) is 0 Å². The lowest BCUT2D eigenvalue weighted by Gasteiger charge is -2.18. The number of benzene rings is 2. The van der Waals surface area contributed by atoms with Crippen LogP contribution in [0.25, 0.3) is 0 Å². The lowest BCUT2D eigenvalue weighted by atomic mass is 10.1. The van der Waals surface area contributed by atoms with E-state index in [0.29, 0.717) is 19.4 Å². The average Bonchev–Trinajstić information content (AvgIpc) is 2.85. The van der Waals surface area contributed by atoms with Crippen molar-refractivity contribution >= 4 is 24.0 Å². The fourth-order valence-electron chi connectivity index (χ4n) is 2.91. The number of unbranched alkanes of at least 4 members (excludes halogenated alkanes) is 1. The van der Waals surface area contributed by atoms with Gasteiger partial charge in [0.25, 0.3) is 0 Å². The molecule has 34 heavy (non-hydrogen) atoms. The SMILES string of the molecule is NC(=O)CNC(=O)[C@@H](CCCCNC(=O)OCc1ccccc1)NC(=O)OCc1ccccc1. The van der Waals surface area contributed by atoms with Crippen LogP contribution in [-0.2, 0) is 32.3 Å². The largest absolute Gasteiger partial charge is 0.445 e. The summed E-state index contributed by atoms with van der Waals surface area (Å²) in [5.74, 6) is -1.25. The quantitative estimate of drug-likeness (QED) is 0.329. The summed E-state index contributed by atoms with van der Waals surface area (Å²) in [6, 6.07) is 17.5. The average molecular weight is 471 g/mol. The topological polar surface area (TPSA) is 149 Å². The molecule has 0 aliphatic heterocycles. The first-order chi connectivity index (χ1) is 16.4. The Morgan fingerprint density at radius 2 is 1.32 bits per heavy atom. The van der Waals surface area contributed by atoms with Crippen LogP contribution >= 0.6 is 0 Å². The molecule has 10 heteroatoms. The fourth-order valence-corrected chi connectivity index (χ4v) is 2.91. The Morgan fingerprint density at radius 3 is 1.88 bits per heavy atom. The van der Waals surface area contributed by atoms with Crippen molar-refractivity contribution in [2.75, 3.05) is 13.1 Å². The maximum Gasteiger partial charge on any atom is 0.408 e. The Kier molecular flexibility index (Phi) is 11.5. The van der Waals surface area contributed by atoms with Crippen molar-refractivity contribution in [1.82, 2.24) is 16.0 Å². The van der Waals surface area contributed by atoms with Gasteiger partial charge in [-0.05, 0) is 30.4 Å². The maximum absolute atomic E-state index is 12.4. The van der Waals surface area contributed by atoms with E-state index in [4.69, 9.17) is 15.2 Å². The van der Waals surface area contributed by atoms with Crippen molar-refractivity contribution in [3.63, 3.8) is 0 Å². The van der Waals surface area contributed by atoms with Crippen molar-refractivity contribution in [2.24, 2.45) is 5.73 Å². The normalized spacial score (nSPS) is 11.1. The summed E-state index contributed by atoms with van der Waals surface area (Å²) in [5.41, 5.74) is 6.75. The van der Waals surface area contributed by atoms with Crippen molar-refractivity contribution in [2.45, 2.75) is 38.5 Å². The van der Waals surface area contributed by atoms with Gasteiger partial charge in [-0.1, -0.05) is 60.7 Å². The number of carbonyl (C=O) groups is 4. The van der Waals surface area contributed by atoms with Crippen LogP contribution in [0.15, 0.2) is 60.7 Å². The predicted octanol–water partition coefficient (Wildman–Crippen LogP) is 1.98. The first-order valence-electron chi connectivity index (χ1n) is 10.9. The van der Waals surface area contributed by atoms with E-state index >= 15 is 0 Å². The molecule has 0 bridgehead atoms. The van der Waals surface area contributed by atoms with Crippen molar-refractivity contribution in [1.29, 1.82) is 0 Å². The molecule has 0 heterocycles. The highest BCUT2D eigenvalue weighted by Gasteiger charge is 2.21. The molecule has 0 unspecified atom stereocenters. The monoisotopic (exact) mass is 470 g/mol. The standard InChI is InChI=1S/C24H30N4O6/c25-21(29)15-27-22(30)20(28-24(32)34-17-19-11-5-2-6-12-19)13-7-8-14-26-23(31)33-16-18-9-3-1-4-10-18/h1-6,9-12,20H,7-8,13-17H2,(H2,25,29)(H,26,31)(H,27,30)(H,28,32)/t20-/m1/s1. The molecule has 182 valence electrons. The number of hydrogen-bond acceptors (Lipinski definition) is 6. The molecule has 5 N–H and O–H groups in total. The number of nitrogens with one attached hydrogen (secondary N) is 3. The van der Waals surface area contributed by atoms with Gasteiger partial charge in [-0.2, -0.15) is 0 Å². The summed E-state index contributed by atoms with van der Waals surface area (Å²) in [6.07, 6.45) is 0.0204. The van der Waals surface area contributed by atoms with E-state index in [9.17, 15) is 19.2 Å². The molecular formula is C24H30N4O6. The zero-order valence-corrected chi connectivity index (χ0v) is 18.8. The van der Waals surface area contributed by atoms with Crippen LogP contribution < -0.4 is 21.7 Å². The molecule has 10 nitrogen and oxygen atoms in total. The van der Waals surface area contributed by atoms with Gasteiger partial charge in [0, 0.05) is 6.54 Å². The first kappa shape index (κ1) is 26.2. The van der Waals surface area contributed by atoms with Crippen molar-refractivity contribution < 1.29 is 28.7 Å². The number of hydrogen-bond donors (Lipinski definition) is 4. The highest BCUT2D eigenvalue weighted by molar-refractivity contribution is 5.88. The molecular weight excluding hydrogens is 440 g/mol. The van der Waals surface area contributed by atoms with Gasteiger partial charge >= 0.3 is 12.2 Å². The molecule has 2 aromatic rings. The predicted molar refractivity (Wildman–Crippen MR) is 124 cm³/mol. The number of nitrogens with two attached hydrogens (primary N) is 1.